The fraction of sp³-hybridized carbons (Fsp3) is 0.474. The number of carbonyl (C=O) groups is 2. The first-order valence-electron chi connectivity index (χ1n) is 8.87. The molecule has 1 heterocycles. The Bertz CT molecular complexity index is 760. The van der Waals surface area contributed by atoms with Gasteiger partial charge in [0.25, 0.3) is 0 Å². The average Bonchev–Trinajstić information content (AvgIpc) is 3.00. The minimum absolute atomic E-state index is 0.0753. The van der Waals surface area contributed by atoms with E-state index in [-0.39, 0.29) is 18.0 Å². The number of hydrogen-bond acceptors (Lipinski definition) is 2. The van der Waals surface area contributed by atoms with E-state index in [0.29, 0.717) is 19.4 Å². The Hall–Kier alpha value is -2.50. The number of benzene rings is 1. The molecule has 25 heavy (non-hydrogen) atoms. The van der Waals surface area contributed by atoms with Gasteiger partial charge in [-0.15, -0.1) is 0 Å². The van der Waals surface area contributed by atoms with Crippen LogP contribution in [-0.2, 0) is 11.2 Å². The van der Waals surface area contributed by atoms with Gasteiger partial charge in [-0.05, 0) is 50.2 Å². The lowest BCUT2D eigenvalue weighted by Crippen LogP contribution is -2.44. The van der Waals surface area contributed by atoms with Crippen LogP contribution >= 0.6 is 0 Å². The SMILES string of the molecule is Cc1cccc2c(CCNC(=O)NC3CCC(C(=O)O)CC3)c[nH]c12. The molecule has 1 aliphatic carbocycles. The highest BCUT2D eigenvalue weighted by Crippen LogP contribution is 2.24. The summed E-state index contributed by atoms with van der Waals surface area (Å²) in [5.41, 5.74) is 3.56. The number of rotatable bonds is 5. The van der Waals surface area contributed by atoms with E-state index < -0.39 is 5.97 Å². The highest BCUT2D eigenvalue weighted by atomic mass is 16.4. The molecule has 1 fully saturated rings. The molecule has 6 nitrogen and oxygen atoms in total. The highest BCUT2D eigenvalue weighted by Gasteiger charge is 2.26. The smallest absolute Gasteiger partial charge is 0.315 e. The molecule has 3 rings (SSSR count). The zero-order valence-electron chi connectivity index (χ0n) is 14.5. The number of carbonyl (C=O) groups excluding carboxylic acids is 1. The van der Waals surface area contributed by atoms with Crippen molar-refractivity contribution < 1.29 is 14.7 Å². The van der Waals surface area contributed by atoms with Crippen LogP contribution in [0.3, 0.4) is 0 Å². The van der Waals surface area contributed by atoms with E-state index in [1.54, 1.807) is 0 Å². The molecule has 1 aromatic carbocycles. The van der Waals surface area contributed by atoms with Gasteiger partial charge in [-0.3, -0.25) is 4.79 Å². The van der Waals surface area contributed by atoms with Gasteiger partial charge < -0.3 is 20.7 Å². The van der Waals surface area contributed by atoms with Crippen molar-refractivity contribution in [3.8, 4) is 0 Å². The Morgan fingerprint density at radius 1 is 1.24 bits per heavy atom. The second-order valence-corrected chi connectivity index (χ2v) is 6.85. The summed E-state index contributed by atoms with van der Waals surface area (Å²) in [7, 11) is 0. The number of para-hydroxylation sites is 1. The second kappa shape index (κ2) is 7.59. The summed E-state index contributed by atoms with van der Waals surface area (Å²) in [5, 5.41) is 16.1. The van der Waals surface area contributed by atoms with Crippen molar-refractivity contribution in [3.05, 3.63) is 35.5 Å². The van der Waals surface area contributed by atoms with Gasteiger partial charge >= 0.3 is 12.0 Å². The van der Waals surface area contributed by atoms with Gasteiger partial charge in [-0.2, -0.15) is 0 Å². The number of amides is 2. The molecule has 6 heteroatoms. The molecule has 2 amide bonds. The van der Waals surface area contributed by atoms with Crippen LogP contribution in [0, 0.1) is 12.8 Å². The van der Waals surface area contributed by atoms with Gasteiger partial charge in [-0.1, -0.05) is 18.2 Å². The van der Waals surface area contributed by atoms with E-state index in [0.717, 1.165) is 24.8 Å². The molecule has 0 unspecified atom stereocenters. The molecule has 0 bridgehead atoms. The second-order valence-electron chi connectivity index (χ2n) is 6.85. The monoisotopic (exact) mass is 343 g/mol. The van der Waals surface area contributed by atoms with Crippen LogP contribution in [-0.4, -0.2) is 34.7 Å². The Labute approximate surface area is 147 Å². The molecular weight excluding hydrogens is 318 g/mol. The molecule has 1 aliphatic rings. The standard InChI is InChI=1S/C19H25N3O3/c1-12-3-2-4-16-14(11-21-17(12)16)9-10-20-19(25)22-15-7-5-13(6-8-15)18(23)24/h2-4,11,13,15,21H,5-10H2,1H3,(H,23,24)(H2,20,22,25). The fourth-order valence-electron chi connectivity index (χ4n) is 3.60. The van der Waals surface area contributed by atoms with E-state index in [9.17, 15) is 9.59 Å². The molecule has 0 aliphatic heterocycles. The van der Waals surface area contributed by atoms with Crippen LogP contribution in [0.15, 0.2) is 24.4 Å². The third-order valence-corrected chi connectivity index (χ3v) is 5.10. The van der Waals surface area contributed by atoms with Crippen LogP contribution < -0.4 is 10.6 Å². The maximum absolute atomic E-state index is 12.0. The molecule has 1 saturated carbocycles. The summed E-state index contributed by atoms with van der Waals surface area (Å²) in [4.78, 5) is 26.3. The quantitative estimate of drug-likeness (QED) is 0.672. The number of aromatic amines is 1. The largest absolute Gasteiger partial charge is 0.481 e. The zero-order chi connectivity index (χ0) is 17.8. The van der Waals surface area contributed by atoms with Crippen molar-refractivity contribution >= 4 is 22.9 Å². The lowest BCUT2D eigenvalue weighted by molar-refractivity contribution is -0.142. The summed E-state index contributed by atoms with van der Waals surface area (Å²) in [6, 6.07) is 6.12. The average molecular weight is 343 g/mol. The van der Waals surface area contributed by atoms with Crippen LogP contribution in [0.5, 0.6) is 0 Å². The maximum Gasteiger partial charge on any atom is 0.315 e. The molecule has 2 aromatic rings. The normalized spacial score (nSPS) is 20.4. The van der Waals surface area contributed by atoms with E-state index in [1.807, 2.05) is 12.3 Å². The number of fused-ring (bicyclic) bond motifs is 1. The molecule has 0 saturated heterocycles. The fourth-order valence-corrected chi connectivity index (χ4v) is 3.60. The summed E-state index contributed by atoms with van der Waals surface area (Å²) in [5.74, 6) is -0.983. The number of nitrogens with one attached hydrogen (secondary N) is 3. The number of H-pyrrole nitrogens is 1. The molecule has 4 N–H and O–H groups in total. The lowest BCUT2D eigenvalue weighted by atomic mass is 9.86. The third kappa shape index (κ3) is 4.13. The van der Waals surface area contributed by atoms with Crippen molar-refractivity contribution in [3.63, 3.8) is 0 Å². The predicted octanol–water partition coefficient (Wildman–Crippen LogP) is 2.96. The minimum atomic E-state index is -0.725. The first kappa shape index (κ1) is 17.3. The van der Waals surface area contributed by atoms with Crippen molar-refractivity contribution in [2.45, 2.75) is 45.1 Å². The van der Waals surface area contributed by atoms with Gasteiger partial charge in [0.1, 0.15) is 0 Å². The summed E-state index contributed by atoms with van der Waals surface area (Å²) >= 11 is 0. The Morgan fingerprint density at radius 3 is 2.72 bits per heavy atom. The Kier molecular flexibility index (Phi) is 5.26. The van der Waals surface area contributed by atoms with Crippen LogP contribution in [0.4, 0.5) is 4.79 Å². The van der Waals surface area contributed by atoms with Gasteiger partial charge in [0.05, 0.1) is 5.92 Å². The van der Waals surface area contributed by atoms with Gasteiger partial charge in [-0.25, -0.2) is 4.79 Å². The molecule has 0 spiro atoms. The summed E-state index contributed by atoms with van der Waals surface area (Å²) in [6.07, 6.45) is 5.50. The number of carboxylic acids is 1. The first-order valence-corrected chi connectivity index (χ1v) is 8.87. The van der Waals surface area contributed by atoms with E-state index in [4.69, 9.17) is 5.11 Å². The van der Waals surface area contributed by atoms with Crippen molar-refractivity contribution in [2.24, 2.45) is 5.92 Å². The zero-order valence-corrected chi connectivity index (χ0v) is 14.5. The highest BCUT2D eigenvalue weighted by molar-refractivity contribution is 5.86. The molecule has 0 atom stereocenters. The van der Waals surface area contributed by atoms with E-state index in [1.165, 1.54) is 16.5 Å². The van der Waals surface area contributed by atoms with Crippen LogP contribution in [0.1, 0.15) is 36.8 Å². The minimum Gasteiger partial charge on any atom is -0.481 e. The van der Waals surface area contributed by atoms with Crippen LogP contribution in [0.25, 0.3) is 10.9 Å². The molecule has 134 valence electrons. The Balaban J connectivity index is 1.44. The molecule has 0 radical (unpaired) electrons. The molecule has 1 aromatic heterocycles. The number of aliphatic carboxylic acids is 1. The number of hydrogen-bond donors (Lipinski definition) is 4. The number of carboxylic acid groups (broad SMARTS) is 1. The summed E-state index contributed by atoms with van der Waals surface area (Å²) in [6.45, 7) is 2.64. The summed E-state index contributed by atoms with van der Waals surface area (Å²) < 4.78 is 0. The van der Waals surface area contributed by atoms with E-state index in [2.05, 4.69) is 34.7 Å². The van der Waals surface area contributed by atoms with Gasteiger partial charge in [0, 0.05) is 29.7 Å². The lowest BCUT2D eigenvalue weighted by Gasteiger charge is -2.26. The van der Waals surface area contributed by atoms with Crippen molar-refractivity contribution in [1.29, 1.82) is 0 Å². The predicted molar refractivity (Wildman–Crippen MR) is 96.7 cm³/mol. The van der Waals surface area contributed by atoms with Crippen molar-refractivity contribution in [1.82, 2.24) is 15.6 Å². The van der Waals surface area contributed by atoms with E-state index >= 15 is 0 Å². The third-order valence-electron chi connectivity index (χ3n) is 5.10. The molecular formula is C19H25N3O3. The number of aryl methyl sites for hydroxylation is 1. The maximum atomic E-state index is 12.0. The van der Waals surface area contributed by atoms with Gasteiger partial charge in [0.15, 0.2) is 0 Å². The first-order chi connectivity index (χ1) is 12.0. The van der Waals surface area contributed by atoms with Gasteiger partial charge in [0.2, 0.25) is 0 Å². The topological polar surface area (TPSA) is 94.2 Å². The number of aromatic nitrogens is 1. The van der Waals surface area contributed by atoms with Crippen molar-refractivity contribution in [2.75, 3.05) is 6.54 Å². The number of urea groups is 1. The van der Waals surface area contributed by atoms with Crippen LogP contribution in [0.2, 0.25) is 0 Å². The Morgan fingerprint density at radius 2 is 2.00 bits per heavy atom.